The first kappa shape index (κ1) is 21.5. The Morgan fingerprint density at radius 1 is 1.10 bits per heavy atom. The van der Waals surface area contributed by atoms with Crippen LogP contribution in [-0.2, 0) is 11.3 Å². The third-order valence-electron chi connectivity index (χ3n) is 5.36. The number of carbonyl (C=O) groups is 1. The van der Waals surface area contributed by atoms with E-state index in [0.717, 1.165) is 36.7 Å². The van der Waals surface area contributed by atoms with E-state index < -0.39 is 0 Å². The second-order valence-electron chi connectivity index (χ2n) is 7.68. The van der Waals surface area contributed by atoms with Gasteiger partial charge in [-0.15, -0.1) is 10.2 Å². The molecular weight excluding hydrogens is 413 g/mol. The van der Waals surface area contributed by atoms with Gasteiger partial charge in [-0.1, -0.05) is 42.1 Å². The standard InChI is InChI=1S/C23H26FN5OS/c1-17(18-9-11-19(24)12-10-18)25-22(30)16-31-23-27-26-21(15-28-13-5-6-14-28)29(23)20-7-3-2-4-8-20/h2-4,7-12,17H,5-6,13-16H2,1H3,(H,25,30). The van der Waals surface area contributed by atoms with Crippen molar-refractivity contribution in [2.75, 3.05) is 18.8 Å². The van der Waals surface area contributed by atoms with Gasteiger partial charge in [0.2, 0.25) is 5.91 Å². The van der Waals surface area contributed by atoms with E-state index in [4.69, 9.17) is 0 Å². The maximum atomic E-state index is 13.1. The second kappa shape index (κ2) is 10.1. The lowest BCUT2D eigenvalue weighted by Crippen LogP contribution is -2.28. The number of thioether (sulfide) groups is 1. The molecule has 0 saturated carbocycles. The van der Waals surface area contributed by atoms with E-state index >= 15 is 0 Å². The van der Waals surface area contributed by atoms with Gasteiger partial charge in [0.05, 0.1) is 18.3 Å². The Morgan fingerprint density at radius 2 is 1.81 bits per heavy atom. The average Bonchev–Trinajstić information content (AvgIpc) is 3.43. The fraction of sp³-hybridized carbons (Fsp3) is 0.348. The smallest absolute Gasteiger partial charge is 0.230 e. The van der Waals surface area contributed by atoms with Crippen LogP contribution in [0.5, 0.6) is 0 Å². The van der Waals surface area contributed by atoms with Gasteiger partial charge in [-0.05, 0) is 62.7 Å². The highest BCUT2D eigenvalue weighted by Gasteiger charge is 2.20. The Hall–Kier alpha value is -2.71. The maximum absolute atomic E-state index is 13.1. The third-order valence-corrected chi connectivity index (χ3v) is 6.29. The van der Waals surface area contributed by atoms with Gasteiger partial charge in [-0.25, -0.2) is 4.39 Å². The summed E-state index contributed by atoms with van der Waals surface area (Å²) < 4.78 is 15.2. The zero-order chi connectivity index (χ0) is 21.6. The molecule has 1 amide bonds. The number of halogens is 1. The first-order valence-corrected chi connectivity index (χ1v) is 11.5. The molecule has 1 aliphatic heterocycles. The molecule has 8 heteroatoms. The summed E-state index contributed by atoms with van der Waals surface area (Å²) in [4.78, 5) is 14.9. The Labute approximate surface area is 185 Å². The van der Waals surface area contributed by atoms with Gasteiger partial charge in [-0.2, -0.15) is 0 Å². The highest BCUT2D eigenvalue weighted by atomic mass is 32.2. The van der Waals surface area contributed by atoms with Crippen LogP contribution in [0.25, 0.3) is 5.69 Å². The van der Waals surface area contributed by atoms with Gasteiger partial charge in [-0.3, -0.25) is 14.3 Å². The molecule has 6 nitrogen and oxygen atoms in total. The van der Waals surface area contributed by atoms with Crippen molar-refractivity contribution in [2.45, 2.75) is 37.5 Å². The molecule has 0 bridgehead atoms. The summed E-state index contributed by atoms with van der Waals surface area (Å²) in [5, 5.41) is 12.5. The van der Waals surface area contributed by atoms with Gasteiger partial charge in [0.1, 0.15) is 5.82 Å². The van der Waals surface area contributed by atoms with E-state index in [1.54, 1.807) is 12.1 Å². The third kappa shape index (κ3) is 5.51. The highest BCUT2D eigenvalue weighted by Crippen LogP contribution is 2.24. The monoisotopic (exact) mass is 439 g/mol. The average molecular weight is 440 g/mol. The molecule has 2 heterocycles. The zero-order valence-corrected chi connectivity index (χ0v) is 18.3. The molecule has 1 fully saturated rings. The number of aromatic nitrogens is 3. The van der Waals surface area contributed by atoms with Crippen molar-refractivity contribution in [3.05, 3.63) is 71.8 Å². The Balaban J connectivity index is 1.44. The van der Waals surface area contributed by atoms with Crippen LogP contribution in [0.15, 0.2) is 59.8 Å². The molecule has 0 spiro atoms. The van der Waals surface area contributed by atoms with Crippen molar-refractivity contribution in [1.82, 2.24) is 25.0 Å². The first-order chi connectivity index (χ1) is 15.1. The topological polar surface area (TPSA) is 63.1 Å². The molecule has 1 saturated heterocycles. The number of rotatable bonds is 8. The number of likely N-dealkylation sites (tertiary alicyclic amines) is 1. The lowest BCUT2D eigenvalue weighted by molar-refractivity contribution is -0.119. The van der Waals surface area contributed by atoms with Crippen molar-refractivity contribution >= 4 is 17.7 Å². The molecule has 0 radical (unpaired) electrons. The van der Waals surface area contributed by atoms with E-state index in [1.807, 2.05) is 41.8 Å². The number of nitrogens with zero attached hydrogens (tertiary/aromatic N) is 4. The SMILES string of the molecule is CC(NC(=O)CSc1nnc(CN2CCCC2)n1-c1ccccc1)c1ccc(F)cc1. The number of hydrogen-bond donors (Lipinski definition) is 1. The van der Waals surface area contributed by atoms with Gasteiger partial charge >= 0.3 is 0 Å². The predicted molar refractivity (Wildman–Crippen MR) is 120 cm³/mol. The number of benzene rings is 2. The fourth-order valence-electron chi connectivity index (χ4n) is 3.72. The molecule has 1 aromatic heterocycles. The fourth-order valence-corrected chi connectivity index (χ4v) is 4.50. The summed E-state index contributed by atoms with van der Waals surface area (Å²) in [6.07, 6.45) is 2.43. The Bertz CT molecular complexity index is 1000. The normalized spacial score (nSPS) is 15.2. The van der Waals surface area contributed by atoms with Crippen molar-refractivity contribution in [3.8, 4) is 5.69 Å². The Morgan fingerprint density at radius 3 is 2.52 bits per heavy atom. The summed E-state index contributed by atoms with van der Waals surface area (Å²) in [5.74, 6) is 0.712. The van der Waals surface area contributed by atoms with Crippen LogP contribution in [0, 0.1) is 5.82 Å². The summed E-state index contributed by atoms with van der Waals surface area (Å²) in [7, 11) is 0. The number of para-hydroxylation sites is 1. The lowest BCUT2D eigenvalue weighted by atomic mass is 10.1. The van der Waals surface area contributed by atoms with Crippen LogP contribution in [0.1, 0.15) is 37.2 Å². The lowest BCUT2D eigenvalue weighted by Gasteiger charge is -2.16. The minimum Gasteiger partial charge on any atom is -0.349 e. The maximum Gasteiger partial charge on any atom is 0.230 e. The van der Waals surface area contributed by atoms with Gasteiger partial charge < -0.3 is 5.32 Å². The van der Waals surface area contributed by atoms with Gasteiger partial charge in [0.25, 0.3) is 0 Å². The molecule has 2 aromatic carbocycles. The minimum atomic E-state index is -0.289. The molecule has 1 aliphatic rings. The van der Waals surface area contributed by atoms with Crippen molar-refractivity contribution < 1.29 is 9.18 Å². The molecule has 31 heavy (non-hydrogen) atoms. The number of nitrogens with one attached hydrogen (secondary N) is 1. The molecule has 0 aliphatic carbocycles. The molecule has 1 unspecified atom stereocenters. The molecule has 162 valence electrons. The van der Waals surface area contributed by atoms with Crippen LogP contribution in [0.4, 0.5) is 4.39 Å². The van der Waals surface area contributed by atoms with E-state index in [-0.39, 0.29) is 23.5 Å². The van der Waals surface area contributed by atoms with Crippen molar-refractivity contribution in [2.24, 2.45) is 0 Å². The van der Waals surface area contributed by atoms with Crippen LogP contribution >= 0.6 is 11.8 Å². The summed E-state index contributed by atoms with van der Waals surface area (Å²) in [6, 6.07) is 16.0. The molecule has 4 rings (SSSR count). The minimum absolute atomic E-state index is 0.106. The summed E-state index contributed by atoms with van der Waals surface area (Å²) >= 11 is 1.37. The first-order valence-electron chi connectivity index (χ1n) is 10.5. The number of hydrogen-bond acceptors (Lipinski definition) is 5. The second-order valence-corrected chi connectivity index (χ2v) is 8.62. The van der Waals surface area contributed by atoms with Crippen molar-refractivity contribution in [1.29, 1.82) is 0 Å². The van der Waals surface area contributed by atoms with E-state index in [2.05, 4.69) is 20.4 Å². The largest absolute Gasteiger partial charge is 0.349 e. The highest BCUT2D eigenvalue weighted by molar-refractivity contribution is 7.99. The van der Waals surface area contributed by atoms with E-state index in [1.165, 1.54) is 36.7 Å². The van der Waals surface area contributed by atoms with Crippen LogP contribution in [0.3, 0.4) is 0 Å². The van der Waals surface area contributed by atoms with E-state index in [9.17, 15) is 9.18 Å². The number of carbonyl (C=O) groups excluding carboxylic acids is 1. The van der Waals surface area contributed by atoms with Crippen LogP contribution in [0.2, 0.25) is 0 Å². The zero-order valence-electron chi connectivity index (χ0n) is 17.5. The van der Waals surface area contributed by atoms with Crippen LogP contribution < -0.4 is 5.32 Å². The summed E-state index contributed by atoms with van der Waals surface area (Å²) in [5.41, 5.74) is 1.85. The van der Waals surface area contributed by atoms with Gasteiger partial charge in [0, 0.05) is 5.69 Å². The quantitative estimate of drug-likeness (QED) is 0.538. The van der Waals surface area contributed by atoms with Gasteiger partial charge in [0.15, 0.2) is 11.0 Å². The molecule has 3 aromatic rings. The van der Waals surface area contributed by atoms with Crippen LogP contribution in [-0.4, -0.2) is 44.4 Å². The summed E-state index contributed by atoms with van der Waals surface area (Å²) in [6.45, 7) is 4.79. The molecule has 1 atom stereocenters. The predicted octanol–water partition coefficient (Wildman–Crippen LogP) is 3.97. The van der Waals surface area contributed by atoms with E-state index in [0.29, 0.717) is 5.16 Å². The molecule has 1 N–H and O–H groups in total. The Kier molecular flexibility index (Phi) is 6.99. The molecular formula is C23H26FN5OS. The van der Waals surface area contributed by atoms with Crippen molar-refractivity contribution in [3.63, 3.8) is 0 Å². The number of amides is 1.